The molecular formula is C20H18N4S2. The van der Waals surface area contributed by atoms with Crippen LogP contribution in [-0.4, -0.2) is 20.9 Å². The Morgan fingerprint density at radius 3 is 2.50 bits per heavy atom. The standard InChI is InChI=1S/C20H18N4S2/c1-25-18-9-5-3-7-16(18)20-23-22-19-11-10-15(13-24(19)20)26-17-8-4-2-6-14(17)12-21/h2-11,13H,12,21H2,1H3. The summed E-state index contributed by atoms with van der Waals surface area (Å²) < 4.78 is 2.06. The van der Waals surface area contributed by atoms with Gasteiger partial charge in [-0.1, -0.05) is 48.2 Å². The van der Waals surface area contributed by atoms with E-state index in [0.29, 0.717) is 6.54 Å². The van der Waals surface area contributed by atoms with Crippen LogP contribution in [0.4, 0.5) is 0 Å². The molecule has 2 aromatic carbocycles. The highest BCUT2D eigenvalue weighted by Crippen LogP contribution is 2.33. The molecule has 0 amide bonds. The maximum absolute atomic E-state index is 5.87. The molecule has 2 N–H and O–H groups in total. The maximum Gasteiger partial charge on any atom is 0.169 e. The fraction of sp³-hybridized carbons (Fsp3) is 0.100. The second kappa shape index (κ2) is 7.53. The number of thioether (sulfide) groups is 1. The summed E-state index contributed by atoms with van der Waals surface area (Å²) in [5.41, 5.74) is 8.95. The third-order valence-corrected chi connectivity index (χ3v) is 6.03. The molecule has 2 aromatic heterocycles. The van der Waals surface area contributed by atoms with E-state index in [1.165, 1.54) is 9.79 Å². The number of fused-ring (bicyclic) bond motifs is 1. The minimum Gasteiger partial charge on any atom is -0.326 e. The van der Waals surface area contributed by atoms with Crippen molar-refractivity contribution in [3.05, 3.63) is 72.4 Å². The van der Waals surface area contributed by atoms with Crippen molar-refractivity contribution in [1.29, 1.82) is 0 Å². The van der Waals surface area contributed by atoms with Crippen LogP contribution in [0.5, 0.6) is 0 Å². The average Bonchev–Trinajstić information content (AvgIpc) is 3.11. The van der Waals surface area contributed by atoms with Crippen molar-refractivity contribution in [3.63, 3.8) is 0 Å². The van der Waals surface area contributed by atoms with Gasteiger partial charge in [-0.3, -0.25) is 4.40 Å². The second-order valence-electron chi connectivity index (χ2n) is 5.73. The largest absolute Gasteiger partial charge is 0.326 e. The number of aromatic nitrogens is 3. The number of nitrogens with two attached hydrogens (primary N) is 1. The predicted molar refractivity (Wildman–Crippen MR) is 109 cm³/mol. The monoisotopic (exact) mass is 378 g/mol. The lowest BCUT2D eigenvalue weighted by atomic mass is 10.2. The molecule has 26 heavy (non-hydrogen) atoms. The molecule has 0 radical (unpaired) electrons. The molecule has 0 aliphatic heterocycles. The van der Waals surface area contributed by atoms with Crippen molar-refractivity contribution in [3.8, 4) is 11.4 Å². The number of hydrogen-bond acceptors (Lipinski definition) is 5. The van der Waals surface area contributed by atoms with Crippen LogP contribution in [0.2, 0.25) is 0 Å². The first-order valence-corrected chi connectivity index (χ1v) is 10.3. The fourth-order valence-corrected chi connectivity index (χ4v) is 4.41. The molecule has 0 aliphatic rings. The Kier molecular flexibility index (Phi) is 4.97. The Labute approximate surface area is 160 Å². The summed E-state index contributed by atoms with van der Waals surface area (Å²) >= 11 is 3.42. The first-order valence-electron chi connectivity index (χ1n) is 8.24. The van der Waals surface area contributed by atoms with Crippen LogP contribution >= 0.6 is 23.5 Å². The molecule has 2 heterocycles. The van der Waals surface area contributed by atoms with Crippen LogP contribution in [0.15, 0.2) is 81.5 Å². The number of hydrogen-bond donors (Lipinski definition) is 1. The molecule has 6 heteroatoms. The minimum atomic E-state index is 0.532. The lowest BCUT2D eigenvalue weighted by Crippen LogP contribution is -1.98. The lowest BCUT2D eigenvalue weighted by molar-refractivity contribution is 1.03. The quantitative estimate of drug-likeness (QED) is 0.509. The minimum absolute atomic E-state index is 0.532. The van der Waals surface area contributed by atoms with Gasteiger partial charge in [0.25, 0.3) is 0 Å². The van der Waals surface area contributed by atoms with E-state index in [1.54, 1.807) is 23.5 Å². The normalized spacial score (nSPS) is 11.2. The molecule has 0 unspecified atom stereocenters. The van der Waals surface area contributed by atoms with Crippen molar-refractivity contribution in [2.24, 2.45) is 5.73 Å². The van der Waals surface area contributed by atoms with E-state index in [2.05, 4.69) is 57.4 Å². The Bertz CT molecular complexity index is 1060. The summed E-state index contributed by atoms with van der Waals surface area (Å²) in [5, 5.41) is 8.75. The third kappa shape index (κ3) is 3.23. The van der Waals surface area contributed by atoms with E-state index >= 15 is 0 Å². The number of benzene rings is 2. The van der Waals surface area contributed by atoms with Crippen molar-refractivity contribution >= 4 is 29.2 Å². The van der Waals surface area contributed by atoms with Gasteiger partial charge >= 0.3 is 0 Å². The highest BCUT2D eigenvalue weighted by Gasteiger charge is 2.12. The van der Waals surface area contributed by atoms with Gasteiger partial charge in [0.1, 0.15) is 0 Å². The van der Waals surface area contributed by atoms with Gasteiger partial charge in [-0.05, 0) is 36.1 Å². The van der Waals surface area contributed by atoms with E-state index in [1.807, 2.05) is 30.3 Å². The number of pyridine rings is 1. The van der Waals surface area contributed by atoms with Crippen molar-refractivity contribution in [1.82, 2.24) is 14.6 Å². The van der Waals surface area contributed by atoms with Crippen LogP contribution < -0.4 is 5.73 Å². The Balaban J connectivity index is 1.78. The maximum atomic E-state index is 5.87. The Morgan fingerprint density at radius 2 is 1.69 bits per heavy atom. The fourth-order valence-electron chi connectivity index (χ4n) is 2.84. The summed E-state index contributed by atoms with van der Waals surface area (Å²) in [4.78, 5) is 3.49. The van der Waals surface area contributed by atoms with Crippen LogP contribution in [0.25, 0.3) is 17.0 Å². The molecule has 0 spiro atoms. The Hall–Kier alpha value is -2.28. The van der Waals surface area contributed by atoms with E-state index < -0.39 is 0 Å². The first kappa shape index (κ1) is 17.1. The smallest absolute Gasteiger partial charge is 0.169 e. The highest BCUT2D eigenvalue weighted by molar-refractivity contribution is 7.99. The molecular weight excluding hydrogens is 360 g/mol. The lowest BCUT2D eigenvalue weighted by Gasteiger charge is -2.09. The molecule has 4 aromatic rings. The molecule has 4 rings (SSSR count). The highest BCUT2D eigenvalue weighted by atomic mass is 32.2. The van der Waals surface area contributed by atoms with Crippen LogP contribution in [0, 0.1) is 0 Å². The topological polar surface area (TPSA) is 56.2 Å². The molecule has 0 atom stereocenters. The summed E-state index contributed by atoms with van der Waals surface area (Å²) in [6.45, 7) is 0.532. The molecule has 0 bridgehead atoms. The zero-order valence-electron chi connectivity index (χ0n) is 14.3. The van der Waals surface area contributed by atoms with Crippen LogP contribution in [0.1, 0.15) is 5.56 Å². The molecule has 0 fully saturated rings. The average molecular weight is 379 g/mol. The van der Waals surface area contributed by atoms with Gasteiger partial charge in [0, 0.05) is 33.0 Å². The predicted octanol–water partition coefficient (Wildman–Crippen LogP) is 4.73. The molecule has 130 valence electrons. The van der Waals surface area contributed by atoms with E-state index in [0.717, 1.165) is 27.5 Å². The summed E-state index contributed by atoms with van der Waals surface area (Å²) in [7, 11) is 0. The third-order valence-electron chi connectivity index (χ3n) is 4.14. The van der Waals surface area contributed by atoms with Crippen molar-refractivity contribution in [2.45, 2.75) is 21.2 Å². The van der Waals surface area contributed by atoms with Crippen molar-refractivity contribution in [2.75, 3.05) is 6.26 Å². The zero-order chi connectivity index (χ0) is 17.9. The molecule has 4 nitrogen and oxygen atoms in total. The first-order chi connectivity index (χ1) is 12.8. The molecule has 0 saturated carbocycles. The van der Waals surface area contributed by atoms with Crippen LogP contribution in [-0.2, 0) is 6.54 Å². The van der Waals surface area contributed by atoms with E-state index in [4.69, 9.17) is 5.73 Å². The number of nitrogens with zero attached hydrogens (tertiary/aromatic N) is 3. The van der Waals surface area contributed by atoms with Gasteiger partial charge in [0.15, 0.2) is 11.5 Å². The summed E-state index contributed by atoms with van der Waals surface area (Å²) in [5.74, 6) is 0.861. The van der Waals surface area contributed by atoms with Crippen molar-refractivity contribution < 1.29 is 0 Å². The van der Waals surface area contributed by atoms with Gasteiger partial charge in [-0.25, -0.2) is 0 Å². The van der Waals surface area contributed by atoms with Gasteiger partial charge in [0.05, 0.1) is 0 Å². The van der Waals surface area contributed by atoms with Gasteiger partial charge in [0.2, 0.25) is 0 Å². The van der Waals surface area contributed by atoms with Crippen LogP contribution in [0.3, 0.4) is 0 Å². The zero-order valence-corrected chi connectivity index (χ0v) is 15.9. The van der Waals surface area contributed by atoms with E-state index in [9.17, 15) is 0 Å². The van der Waals surface area contributed by atoms with E-state index in [-0.39, 0.29) is 0 Å². The second-order valence-corrected chi connectivity index (χ2v) is 7.69. The molecule has 0 saturated heterocycles. The Morgan fingerprint density at radius 1 is 0.923 bits per heavy atom. The number of rotatable bonds is 5. The SMILES string of the molecule is CSc1ccccc1-c1nnc2ccc(Sc3ccccc3CN)cn12. The molecule has 0 aliphatic carbocycles. The van der Waals surface area contributed by atoms with Gasteiger partial charge in [-0.2, -0.15) is 0 Å². The summed E-state index contributed by atoms with van der Waals surface area (Å²) in [6, 6.07) is 20.6. The van der Waals surface area contributed by atoms with Gasteiger partial charge in [-0.15, -0.1) is 22.0 Å². The summed E-state index contributed by atoms with van der Waals surface area (Å²) in [6.07, 6.45) is 4.17. The van der Waals surface area contributed by atoms with Gasteiger partial charge < -0.3 is 5.73 Å².